The number of amides is 1. The topological polar surface area (TPSA) is 80.9 Å². The number of carbonyl (C=O) groups is 1. The fourth-order valence-corrected chi connectivity index (χ4v) is 2.29. The van der Waals surface area contributed by atoms with Crippen molar-refractivity contribution in [2.45, 2.75) is 19.4 Å². The van der Waals surface area contributed by atoms with Crippen molar-refractivity contribution in [1.29, 1.82) is 0 Å². The van der Waals surface area contributed by atoms with Gasteiger partial charge in [0.25, 0.3) is 5.91 Å². The number of hydrogen-bond acceptors (Lipinski definition) is 5. The average Bonchev–Trinajstić information content (AvgIpc) is 2.86. The summed E-state index contributed by atoms with van der Waals surface area (Å²) in [5, 5.41) is 5.34. The molecule has 19 heavy (non-hydrogen) atoms. The molecule has 0 saturated heterocycles. The van der Waals surface area contributed by atoms with E-state index >= 15 is 0 Å². The number of nitrogens with one attached hydrogen (secondary N) is 1. The van der Waals surface area contributed by atoms with E-state index in [1.54, 1.807) is 6.20 Å². The first-order valence-corrected chi connectivity index (χ1v) is 6.41. The Morgan fingerprint density at radius 1 is 1.47 bits per heavy atom. The van der Waals surface area contributed by atoms with Crippen LogP contribution in [0.2, 0.25) is 0 Å². The molecule has 2 aromatic rings. The third-order valence-corrected chi connectivity index (χ3v) is 3.62. The SMILES string of the molecule is CC(C)(NC(=O)c1cc(F)cnc1N)c1nccs1. The van der Waals surface area contributed by atoms with Crippen LogP contribution in [0.4, 0.5) is 10.2 Å². The maximum absolute atomic E-state index is 13.1. The summed E-state index contributed by atoms with van der Waals surface area (Å²) >= 11 is 1.43. The second-order valence-corrected chi connectivity index (χ2v) is 5.40. The zero-order valence-corrected chi connectivity index (χ0v) is 11.3. The Morgan fingerprint density at radius 2 is 2.21 bits per heavy atom. The van der Waals surface area contributed by atoms with Gasteiger partial charge in [0.05, 0.1) is 17.3 Å². The van der Waals surface area contributed by atoms with Crippen LogP contribution in [0, 0.1) is 5.82 Å². The van der Waals surface area contributed by atoms with Gasteiger partial charge in [-0.15, -0.1) is 11.3 Å². The van der Waals surface area contributed by atoms with Crippen LogP contribution in [0.1, 0.15) is 29.2 Å². The molecule has 0 aromatic carbocycles. The molecule has 0 bridgehead atoms. The summed E-state index contributed by atoms with van der Waals surface area (Å²) in [7, 11) is 0. The number of aromatic nitrogens is 2. The second kappa shape index (κ2) is 4.93. The highest BCUT2D eigenvalue weighted by Crippen LogP contribution is 2.23. The van der Waals surface area contributed by atoms with Crippen molar-refractivity contribution in [2.24, 2.45) is 0 Å². The fraction of sp³-hybridized carbons (Fsp3) is 0.250. The monoisotopic (exact) mass is 280 g/mol. The first-order chi connectivity index (χ1) is 8.90. The Balaban J connectivity index is 2.24. The van der Waals surface area contributed by atoms with Crippen LogP contribution in [0.5, 0.6) is 0 Å². The Labute approximate surface area is 113 Å². The second-order valence-electron chi connectivity index (χ2n) is 4.50. The molecule has 0 aliphatic heterocycles. The van der Waals surface area contributed by atoms with E-state index < -0.39 is 17.3 Å². The maximum atomic E-state index is 13.1. The minimum absolute atomic E-state index is 0.00570. The third kappa shape index (κ3) is 2.87. The highest BCUT2D eigenvalue weighted by atomic mass is 32.1. The number of nitrogens with zero attached hydrogens (tertiary/aromatic N) is 2. The minimum atomic E-state index is -0.663. The largest absolute Gasteiger partial charge is 0.383 e. The van der Waals surface area contributed by atoms with Crippen molar-refractivity contribution < 1.29 is 9.18 Å². The van der Waals surface area contributed by atoms with Gasteiger partial charge in [0.15, 0.2) is 0 Å². The standard InChI is InChI=1S/C12H13FN4OS/c1-12(2,11-15-3-4-19-11)17-10(18)8-5-7(13)6-16-9(8)14/h3-6H,1-2H3,(H2,14,16)(H,17,18). The average molecular weight is 280 g/mol. The van der Waals surface area contributed by atoms with Gasteiger partial charge < -0.3 is 11.1 Å². The quantitative estimate of drug-likeness (QED) is 0.900. The van der Waals surface area contributed by atoms with Gasteiger partial charge in [-0.1, -0.05) is 0 Å². The molecule has 0 aliphatic rings. The zero-order chi connectivity index (χ0) is 14.0. The van der Waals surface area contributed by atoms with Crippen molar-refractivity contribution >= 4 is 23.1 Å². The molecule has 100 valence electrons. The van der Waals surface area contributed by atoms with Gasteiger partial charge in [-0.05, 0) is 19.9 Å². The normalized spacial score (nSPS) is 11.3. The summed E-state index contributed by atoms with van der Waals surface area (Å²) in [4.78, 5) is 19.9. The highest BCUT2D eigenvalue weighted by molar-refractivity contribution is 7.09. The van der Waals surface area contributed by atoms with Crippen molar-refractivity contribution in [3.63, 3.8) is 0 Å². The molecule has 1 amide bonds. The lowest BCUT2D eigenvalue weighted by Crippen LogP contribution is -2.41. The number of anilines is 1. The van der Waals surface area contributed by atoms with Crippen LogP contribution in [0.15, 0.2) is 23.8 Å². The fourth-order valence-electron chi connectivity index (χ4n) is 1.57. The van der Waals surface area contributed by atoms with Crippen LogP contribution in [0.25, 0.3) is 0 Å². The van der Waals surface area contributed by atoms with Gasteiger partial charge in [0.2, 0.25) is 0 Å². The van der Waals surface area contributed by atoms with Crippen LogP contribution in [-0.4, -0.2) is 15.9 Å². The number of rotatable bonds is 3. The minimum Gasteiger partial charge on any atom is -0.383 e. The molecule has 0 fully saturated rings. The van der Waals surface area contributed by atoms with E-state index in [2.05, 4.69) is 15.3 Å². The number of carbonyl (C=O) groups excluding carboxylic acids is 1. The molecule has 2 rings (SSSR count). The van der Waals surface area contributed by atoms with Crippen LogP contribution < -0.4 is 11.1 Å². The van der Waals surface area contributed by atoms with Crippen molar-refractivity contribution in [3.05, 3.63) is 40.2 Å². The van der Waals surface area contributed by atoms with E-state index in [4.69, 9.17) is 5.73 Å². The van der Waals surface area contributed by atoms with Crippen molar-refractivity contribution in [1.82, 2.24) is 15.3 Å². The van der Waals surface area contributed by atoms with Gasteiger partial charge in [0, 0.05) is 11.6 Å². The van der Waals surface area contributed by atoms with Gasteiger partial charge >= 0.3 is 0 Å². The molecular weight excluding hydrogens is 267 g/mol. The zero-order valence-electron chi connectivity index (χ0n) is 10.5. The number of hydrogen-bond donors (Lipinski definition) is 2. The number of pyridine rings is 1. The van der Waals surface area contributed by atoms with Crippen molar-refractivity contribution in [2.75, 3.05) is 5.73 Å². The predicted molar refractivity (Wildman–Crippen MR) is 71.2 cm³/mol. The van der Waals surface area contributed by atoms with Gasteiger partial charge in [0.1, 0.15) is 16.6 Å². The molecule has 5 nitrogen and oxygen atoms in total. The van der Waals surface area contributed by atoms with E-state index in [1.165, 1.54) is 11.3 Å². The Bertz CT molecular complexity index is 598. The first kappa shape index (κ1) is 13.4. The molecule has 0 saturated carbocycles. The summed E-state index contributed by atoms with van der Waals surface area (Å²) in [5.74, 6) is -1.09. The lowest BCUT2D eigenvalue weighted by atomic mass is 10.1. The Morgan fingerprint density at radius 3 is 2.84 bits per heavy atom. The Kier molecular flexibility index (Phi) is 3.48. The molecule has 0 radical (unpaired) electrons. The molecule has 2 aromatic heterocycles. The highest BCUT2D eigenvalue weighted by Gasteiger charge is 2.27. The van der Waals surface area contributed by atoms with E-state index in [9.17, 15) is 9.18 Å². The molecule has 2 heterocycles. The number of halogens is 1. The van der Waals surface area contributed by atoms with Gasteiger partial charge in [-0.25, -0.2) is 14.4 Å². The van der Waals surface area contributed by atoms with E-state index in [0.29, 0.717) is 0 Å². The molecular formula is C12H13FN4OS. The Hall–Kier alpha value is -2.02. The first-order valence-electron chi connectivity index (χ1n) is 5.53. The lowest BCUT2D eigenvalue weighted by molar-refractivity contribution is 0.0912. The molecule has 7 heteroatoms. The summed E-state index contributed by atoms with van der Waals surface area (Å²) in [6.45, 7) is 3.62. The van der Waals surface area contributed by atoms with Crippen LogP contribution in [0.3, 0.4) is 0 Å². The molecule has 0 atom stereocenters. The maximum Gasteiger partial charge on any atom is 0.255 e. The number of nitrogens with two attached hydrogens (primary N) is 1. The molecule has 0 unspecified atom stereocenters. The summed E-state index contributed by atoms with van der Waals surface area (Å²) in [6, 6.07) is 1.07. The predicted octanol–water partition coefficient (Wildman–Crippen LogP) is 1.92. The summed E-state index contributed by atoms with van der Waals surface area (Å²) < 4.78 is 13.1. The molecule has 0 aliphatic carbocycles. The smallest absolute Gasteiger partial charge is 0.255 e. The van der Waals surface area contributed by atoms with Gasteiger partial charge in [-0.2, -0.15) is 0 Å². The van der Waals surface area contributed by atoms with Gasteiger partial charge in [-0.3, -0.25) is 4.79 Å². The summed E-state index contributed by atoms with van der Waals surface area (Å²) in [5.41, 5.74) is 4.93. The van der Waals surface area contributed by atoms with E-state index in [-0.39, 0.29) is 11.4 Å². The third-order valence-electron chi connectivity index (χ3n) is 2.52. The van der Waals surface area contributed by atoms with E-state index in [1.807, 2.05) is 19.2 Å². The summed E-state index contributed by atoms with van der Waals surface area (Å²) in [6.07, 6.45) is 2.63. The van der Waals surface area contributed by atoms with Crippen LogP contribution in [-0.2, 0) is 5.54 Å². The number of thiazole rings is 1. The van der Waals surface area contributed by atoms with Crippen LogP contribution >= 0.6 is 11.3 Å². The molecule has 0 spiro atoms. The van der Waals surface area contributed by atoms with Crippen molar-refractivity contribution in [3.8, 4) is 0 Å². The van der Waals surface area contributed by atoms with E-state index in [0.717, 1.165) is 17.3 Å². The number of nitrogen functional groups attached to an aromatic ring is 1. The lowest BCUT2D eigenvalue weighted by Gasteiger charge is -2.24. The molecule has 3 N–H and O–H groups in total.